The Morgan fingerprint density at radius 3 is 2.76 bits per heavy atom. The Morgan fingerprint density at radius 1 is 1.35 bits per heavy atom. The number of aryl methyl sites for hydroxylation is 1. The van der Waals surface area contributed by atoms with E-state index in [0.717, 1.165) is 36.2 Å². The second-order valence-corrected chi connectivity index (χ2v) is 4.88. The van der Waals surface area contributed by atoms with Crippen LogP contribution in [0.25, 0.3) is 0 Å². The van der Waals surface area contributed by atoms with Crippen molar-refractivity contribution in [3.05, 3.63) is 33.2 Å². The summed E-state index contributed by atoms with van der Waals surface area (Å²) in [6.07, 6.45) is 2.02. The molecule has 1 aromatic heterocycles. The van der Waals surface area contributed by atoms with Gasteiger partial charge in [-0.1, -0.05) is 0 Å². The molecule has 0 N–H and O–H groups in total. The normalized spacial score (nSPS) is 21.8. The molecule has 3 rings (SSSR count). The fourth-order valence-corrected chi connectivity index (χ4v) is 2.81. The summed E-state index contributed by atoms with van der Waals surface area (Å²) >= 11 is 0. The molecule has 0 unspecified atom stereocenters. The minimum absolute atomic E-state index is 0.107. The lowest BCUT2D eigenvalue weighted by molar-refractivity contribution is -0.150. The largest absolute Gasteiger partial charge is 0.344 e. The van der Waals surface area contributed by atoms with Crippen LogP contribution >= 0.6 is 0 Å². The van der Waals surface area contributed by atoms with E-state index >= 15 is 0 Å². The van der Waals surface area contributed by atoms with Crippen LogP contribution in [0, 0.1) is 6.92 Å². The quantitative estimate of drug-likeness (QED) is 0.737. The molecule has 17 heavy (non-hydrogen) atoms. The first-order valence-corrected chi connectivity index (χ1v) is 6.13. The van der Waals surface area contributed by atoms with E-state index in [1.54, 1.807) is 0 Å². The molecule has 1 saturated heterocycles. The van der Waals surface area contributed by atoms with Crippen molar-refractivity contribution in [2.24, 2.45) is 0 Å². The maximum Gasteiger partial charge on any atom is 0.254 e. The SMILES string of the molecule is Cc1c(C2(C)OCCO2)cc2n(c1=O)CCC2. The van der Waals surface area contributed by atoms with Crippen molar-refractivity contribution in [1.82, 2.24) is 4.57 Å². The molecule has 3 heterocycles. The molecule has 2 aliphatic heterocycles. The Morgan fingerprint density at radius 2 is 2.06 bits per heavy atom. The molecule has 4 heteroatoms. The highest BCUT2D eigenvalue weighted by atomic mass is 16.7. The third-order valence-corrected chi connectivity index (χ3v) is 3.77. The van der Waals surface area contributed by atoms with E-state index in [9.17, 15) is 4.79 Å². The van der Waals surface area contributed by atoms with E-state index in [2.05, 4.69) is 6.07 Å². The van der Waals surface area contributed by atoms with Gasteiger partial charge in [0.05, 0.1) is 13.2 Å². The number of hydrogen-bond donors (Lipinski definition) is 0. The van der Waals surface area contributed by atoms with Crippen LogP contribution in [0.3, 0.4) is 0 Å². The van der Waals surface area contributed by atoms with Crippen LogP contribution in [0.2, 0.25) is 0 Å². The van der Waals surface area contributed by atoms with Crippen molar-refractivity contribution in [3.8, 4) is 0 Å². The predicted molar refractivity (Wildman–Crippen MR) is 63.0 cm³/mol. The summed E-state index contributed by atoms with van der Waals surface area (Å²) in [4.78, 5) is 12.2. The number of nitrogens with zero attached hydrogens (tertiary/aromatic N) is 1. The van der Waals surface area contributed by atoms with Crippen LogP contribution in [-0.4, -0.2) is 17.8 Å². The average Bonchev–Trinajstić information content (AvgIpc) is 2.92. The molecule has 0 aromatic carbocycles. The van der Waals surface area contributed by atoms with Crippen LogP contribution in [0.15, 0.2) is 10.9 Å². The van der Waals surface area contributed by atoms with Crippen molar-refractivity contribution in [1.29, 1.82) is 0 Å². The van der Waals surface area contributed by atoms with Gasteiger partial charge in [-0.25, -0.2) is 0 Å². The lowest BCUT2D eigenvalue weighted by Gasteiger charge is -2.25. The molecule has 0 radical (unpaired) electrons. The summed E-state index contributed by atoms with van der Waals surface area (Å²) in [6.45, 7) is 5.78. The van der Waals surface area contributed by atoms with Gasteiger partial charge < -0.3 is 14.0 Å². The lowest BCUT2D eigenvalue weighted by atomic mass is 10.0. The van der Waals surface area contributed by atoms with Gasteiger partial charge in [0, 0.05) is 23.4 Å². The van der Waals surface area contributed by atoms with Crippen LogP contribution in [0.1, 0.15) is 30.2 Å². The zero-order valence-corrected chi connectivity index (χ0v) is 10.3. The molecular formula is C13H17NO3. The number of fused-ring (bicyclic) bond motifs is 1. The van der Waals surface area contributed by atoms with Crippen molar-refractivity contribution >= 4 is 0 Å². The van der Waals surface area contributed by atoms with Gasteiger partial charge in [0.2, 0.25) is 0 Å². The fraction of sp³-hybridized carbons (Fsp3) is 0.615. The second kappa shape index (κ2) is 3.68. The second-order valence-electron chi connectivity index (χ2n) is 4.88. The summed E-state index contributed by atoms with van der Waals surface area (Å²) in [5.41, 5.74) is 2.86. The molecule has 0 amide bonds. The average molecular weight is 235 g/mol. The summed E-state index contributed by atoms with van der Waals surface area (Å²) in [7, 11) is 0. The number of rotatable bonds is 1. The molecule has 0 saturated carbocycles. The topological polar surface area (TPSA) is 40.5 Å². The highest BCUT2D eigenvalue weighted by Crippen LogP contribution is 2.33. The third kappa shape index (κ3) is 1.55. The molecular weight excluding hydrogens is 218 g/mol. The number of aromatic nitrogens is 1. The van der Waals surface area contributed by atoms with Crippen LogP contribution in [0.5, 0.6) is 0 Å². The van der Waals surface area contributed by atoms with Gasteiger partial charge in [-0.2, -0.15) is 0 Å². The van der Waals surface area contributed by atoms with Gasteiger partial charge in [-0.15, -0.1) is 0 Å². The highest BCUT2D eigenvalue weighted by Gasteiger charge is 2.36. The van der Waals surface area contributed by atoms with E-state index in [-0.39, 0.29) is 5.56 Å². The zero-order chi connectivity index (χ0) is 12.0. The van der Waals surface area contributed by atoms with Gasteiger partial charge in [-0.05, 0) is 32.8 Å². The van der Waals surface area contributed by atoms with Gasteiger partial charge in [0.25, 0.3) is 5.56 Å². The first-order chi connectivity index (χ1) is 8.12. The Balaban J connectivity index is 2.18. The minimum Gasteiger partial charge on any atom is -0.344 e. The Hall–Kier alpha value is -1.13. The number of hydrogen-bond acceptors (Lipinski definition) is 3. The molecule has 0 aliphatic carbocycles. The maximum atomic E-state index is 12.2. The summed E-state index contributed by atoms with van der Waals surface area (Å²) in [5, 5.41) is 0. The number of ether oxygens (including phenoxy) is 2. The Bertz CT molecular complexity index is 512. The zero-order valence-electron chi connectivity index (χ0n) is 10.3. The van der Waals surface area contributed by atoms with Crippen molar-refractivity contribution in [3.63, 3.8) is 0 Å². The van der Waals surface area contributed by atoms with Gasteiger partial charge in [0.1, 0.15) is 0 Å². The molecule has 0 atom stereocenters. The molecule has 0 bridgehead atoms. The van der Waals surface area contributed by atoms with E-state index < -0.39 is 5.79 Å². The Kier molecular flexibility index (Phi) is 2.38. The predicted octanol–water partition coefficient (Wildman–Crippen LogP) is 1.32. The summed E-state index contributed by atoms with van der Waals surface area (Å²) in [6, 6.07) is 2.08. The van der Waals surface area contributed by atoms with E-state index in [4.69, 9.17) is 9.47 Å². The van der Waals surface area contributed by atoms with Crippen molar-refractivity contribution < 1.29 is 9.47 Å². The molecule has 1 fully saturated rings. The van der Waals surface area contributed by atoms with E-state index in [0.29, 0.717) is 13.2 Å². The monoisotopic (exact) mass is 235 g/mol. The molecule has 92 valence electrons. The van der Waals surface area contributed by atoms with E-state index in [1.165, 1.54) is 0 Å². The maximum absolute atomic E-state index is 12.2. The highest BCUT2D eigenvalue weighted by molar-refractivity contribution is 5.32. The first kappa shape index (κ1) is 11.0. The van der Waals surface area contributed by atoms with E-state index in [1.807, 2.05) is 18.4 Å². The number of pyridine rings is 1. The lowest BCUT2D eigenvalue weighted by Crippen LogP contribution is -2.31. The first-order valence-electron chi connectivity index (χ1n) is 6.13. The van der Waals surface area contributed by atoms with Crippen LogP contribution in [0.4, 0.5) is 0 Å². The molecule has 4 nitrogen and oxygen atoms in total. The van der Waals surface area contributed by atoms with Gasteiger partial charge in [0.15, 0.2) is 5.79 Å². The van der Waals surface area contributed by atoms with Crippen molar-refractivity contribution in [2.75, 3.05) is 13.2 Å². The van der Waals surface area contributed by atoms with Crippen LogP contribution < -0.4 is 5.56 Å². The standard InChI is InChI=1S/C13H17NO3/c1-9-11(13(2)16-6-7-17-13)8-10-4-3-5-14(10)12(9)15/h8H,3-7H2,1-2H3. The Labute approximate surface area is 100 Å². The molecule has 2 aliphatic rings. The van der Waals surface area contributed by atoms with Gasteiger partial charge >= 0.3 is 0 Å². The third-order valence-electron chi connectivity index (χ3n) is 3.77. The summed E-state index contributed by atoms with van der Waals surface area (Å²) < 4.78 is 13.2. The minimum atomic E-state index is -0.735. The van der Waals surface area contributed by atoms with Crippen LogP contribution in [-0.2, 0) is 28.2 Å². The van der Waals surface area contributed by atoms with Gasteiger partial charge in [-0.3, -0.25) is 4.79 Å². The molecule has 0 spiro atoms. The summed E-state index contributed by atoms with van der Waals surface area (Å²) in [5.74, 6) is -0.735. The fourth-order valence-electron chi connectivity index (χ4n) is 2.81. The molecule has 1 aromatic rings. The smallest absolute Gasteiger partial charge is 0.254 e. The van der Waals surface area contributed by atoms with Crippen molar-refractivity contribution in [2.45, 2.75) is 39.0 Å².